The number of esters is 1. The van der Waals surface area contributed by atoms with Gasteiger partial charge in [0.1, 0.15) is 6.54 Å². The van der Waals surface area contributed by atoms with Crippen molar-refractivity contribution in [3.8, 4) is 0 Å². The first-order valence-electron chi connectivity index (χ1n) is 8.94. The second-order valence-corrected chi connectivity index (χ2v) is 8.23. The number of methoxy groups -OCH3 is 1. The largest absolute Gasteiger partial charge is 1.00 e. The summed E-state index contributed by atoms with van der Waals surface area (Å²) < 4.78 is 5.56. The van der Waals surface area contributed by atoms with Crippen molar-refractivity contribution in [3.05, 3.63) is 35.4 Å². The summed E-state index contributed by atoms with van der Waals surface area (Å²) in [5.74, 6) is 0.549. The van der Waals surface area contributed by atoms with Crippen LogP contribution >= 0.6 is 0 Å². The fourth-order valence-corrected chi connectivity index (χ4v) is 2.16. The summed E-state index contributed by atoms with van der Waals surface area (Å²) in [5.41, 5.74) is 2.58. The quantitative estimate of drug-likeness (QED) is 0.564. The molecule has 1 unspecified atom stereocenters. The smallest absolute Gasteiger partial charge is 0.311 e. The van der Waals surface area contributed by atoms with E-state index >= 15 is 0 Å². The second-order valence-electron chi connectivity index (χ2n) is 8.23. The zero-order valence-corrected chi connectivity index (χ0v) is 18.4. The SMILES string of the molecule is CCC(C)(C)C(=O)OC.CCC(C)c1ccc(C[N+](C)(C)C)cc1.[Cl-]. The van der Waals surface area contributed by atoms with Crippen LogP contribution in [0.3, 0.4) is 0 Å². The molecular weight excluding hydrogens is 334 g/mol. The standard InChI is InChI=1S/C14H24N.C7H14O2.ClH/c1-6-12(2)14-9-7-13(8-10-14)11-15(3,4)5;1-5-7(2,3)6(8)9-4;/h7-10,12H,6,11H2,1-5H3;5H2,1-4H3;1H/q+1;;/p-1. The summed E-state index contributed by atoms with van der Waals surface area (Å²) in [6.45, 7) is 11.3. The first kappa shape index (κ1) is 26.2. The van der Waals surface area contributed by atoms with Gasteiger partial charge >= 0.3 is 5.97 Å². The van der Waals surface area contributed by atoms with Crippen molar-refractivity contribution < 1.29 is 26.4 Å². The highest BCUT2D eigenvalue weighted by molar-refractivity contribution is 5.75. The Morgan fingerprint density at radius 3 is 1.88 bits per heavy atom. The minimum atomic E-state index is -0.311. The van der Waals surface area contributed by atoms with Gasteiger partial charge in [0.2, 0.25) is 0 Å². The van der Waals surface area contributed by atoms with Crippen LogP contribution in [0.4, 0.5) is 0 Å². The molecule has 0 aromatic heterocycles. The Labute approximate surface area is 161 Å². The van der Waals surface area contributed by atoms with E-state index in [4.69, 9.17) is 0 Å². The molecule has 0 aliphatic rings. The number of carbonyl (C=O) groups excluding carboxylic acids is 1. The maximum atomic E-state index is 10.8. The number of nitrogens with zero attached hydrogens (tertiary/aromatic N) is 1. The summed E-state index contributed by atoms with van der Waals surface area (Å²) in [6, 6.07) is 9.09. The van der Waals surface area contributed by atoms with E-state index in [1.807, 2.05) is 20.8 Å². The number of carbonyl (C=O) groups is 1. The molecule has 1 rings (SSSR count). The average molecular weight is 372 g/mol. The third kappa shape index (κ3) is 10.5. The molecule has 0 heterocycles. The van der Waals surface area contributed by atoms with Gasteiger partial charge < -0.3 is 21.6 Å². The van der Waals surface area contributed by atoms with E-state index in [2.05, 4.69) is 64.0 Å². The second kappa shape index (κ2) is 11.5. The van der Waals surface area contributed by atoms with Crippen LogP contribution in [0.15, 0.2) is 24.3 Å². The van der Waals surface area contributed by atoms with Crippen LogP contribution in [0, 0.1) is 5.41 Å². The van der Waals surface area contributed by atoms with Crippen molar-refractivity contribution in [2.24, 2.45) is 5.41 Å². The van der Waals surface area contributed by atoms with E-state index in [1.165, 1.54) is 24.7 Å². The summed E-state index contributed by atoms with van der Waals surface area (Å²) in [4.78, 5) is 10.8. The van der Waals surface area contributed by atoms with Gasteiger partial charge in [-0.1, -0.05) is 45.0 Å². The van der Waals surface area contributed by atoms with Crippen molar-refractivity contribution in [1.82, 2.24) is 0 Å². The lowest BCUT2D eigenvalue weighted by atomic mass is 9.91. The molecule has 146 valence electrons. The number of benzene rings is 1. The molecule has 1 aromatic carbocycles. The van der Waals surface area contributed by atoms with Gasteiger partial charge in [-0.2, -0.15) is 0 Å². The Bertz CT molecular complexity index is 490. The van der Waals surface area contributed by atoms with Crippen molar-refractivity contribution in [2.75, 3.05) is 28.3 Å². The van der Waals surface area contributed by atoms with Crippen LogP contribution < -0.4 is 12.4 Å². The van der Waals surface area contributed by atoms with E-state index in [-0.39, 0.29) is 23.8 Å². The van der Waals surface area contributed by atoms with Crippen molar-refractivity contribution in [3.63, 3.8) is 0 Å². The van der Waals surface area contributed by atoms with Gasteiger partial charge in [-0.3, -0.25) is 4.79 Å². The number of quaternary nitrogens is 1. The third-order valence-electron chi connectivity index (χ3n) is 4.44. The van der Waals surface area contributed by atoms with Crippen LogP contribution in [-0.4, -0.2) is 38.7 Å². The van der Waals surface area contributed by atoms with Crippen LogP contribution in [0.25, 0.3) is 0 Å². The minimum absolute atomic E-state index is 0. The fraction of sp³-hybridized carbons (Fsp3) is 0.667. The third-order valence-corrected chi connectivity index (χ3v) is 4.44. The maximum Gasteiger partial charge on any atom is 0.311 e. The average Bonchev–Trinajstić information content (AvgIpc) is 2.53. The van der Waals surface area contributed by atoms with E-state index < -0.39 is 0 Å². The molecule has 0 saturated heterocycles. The van der Waals surface area contributed by atoms with Crippen LogP contribution in [0.1, 0.15) is 64.5 Å². The van der Waals surface area contributed by atoms with Crippen LogP contribution in [0.2, 0.25) is 0 Å². The molecule has 0 aliphatic heterocycles. The number of ether oxygens (including phenoxy) is 1. The Balaban J connectivity index is 0. The van der Waals surface area contributed by atoms with Gasteiger partial charge in [0.05, 0.1) is 33.7 Å². The molecule has 0 fully saturated rings. The lowest BCUT2D eigenvalue weighted by Crippen LogP contribution is -3.00. The molecule has 1 atom stereocenters. The zero-order valence-electron chi connectivity index (χ0n) is 17.6. The molecule has 4 heteroatoms. The summed E-state index contributed by atoms with van der Waals surface area (Å²) in [7, 11) is 8.09. The molecule has 0 saturated carbocycles. The molecule has 3 nitrogen and oxygen atoms in total. The van der Waals surface area contributed by atoms with Crippen molar-refractivity contribution in [1.29, 1.82) is 0 Å². The zero-order chi connectivity index (χ0) is 19.0. The Kier molecular flexibility index (Phi) is 12.1. The highest BCUT2D eigenvalue weighted by atomic mass is 35.5. The number of rotatable bonds is 6. The van der Waals surface area contributed by atoms with Crippen LogP contribution in [0.5, 0.6) is 0 Å². The lowest BCUT2D eigenvalue weighted by Gasteiger charge is -2.24. The van der Waals surface area contributed by atoms with Crippen molar-refractivity contribution >= 4 is 5.97 Å². The van der Waals surface area contributed by atoms with E-state index in [9.17, 15) is 4.79 Å². The molecule has 0 bridgehead atoms. The molecule has 0 amide bonds. The minimum Gasteiger partial charge on any atom is -1.00 e. The molecule has 0 spiro atoms. The molecule has 0 aliphatic carbocycles. The Hall–Kier alpha value is -1.06. The van der Waals surface area contributed by atoms with Gasteiger partial charge in [-0.15, -0.1) is 0 Å². The molecule has 1 aromatic rings. The van der Waals surface area contributed by atoms with Crippen LogP contribution in [-0.2, 0) is 16.1 Å². The summed E-state index contributed by atoms with van der Waals surface area (Å²) in [6.07, 6.45) is 2.04. The highest BCUT2D eigenvalue weighted by Crippen LogP contribution is 2.20. The predicted molar refractivity (Wildman–Crippen MR) is 103 cm³/mol. The number of halogens is 1. The predicted octanol–water partition coefficient (Wildman–Crippen LogP) is 2.01. The molecular formula is C21H38ClNO2. The van der Waals surface area contributed by atoms with Gasteiger partial charge in [0.15, 0.2) is 0 Å². The van der Waals surface area contributed by atoms with Gasteiger partial charge in [0.25, 0.3) is 0 Å². The fourth-order valence-electron chi connectivity index (χ4n) is 2.16. The molecule has 0 N–H and O–H groups in total. The number of hydrogen-bond acceptors (Lipinski definition) is 2. The first-order valence-corrected chi connectivity index (χ1v) is 8.94. The normalized spacial score (nSPS) is 12.4. The highest BCUT2D eigenvalue weighted by Gasteiger charge is 2.25. The summed E-state index contributed by atoms with van der Waals surface area (Å²) >= 11 is 0. The van der Waals surface area contributed by atoms with E-state index in [0.717, 1.165) is 17.4 Å². The number of hydrogen-bond donors (Lipinski definition) is 0. The summed E-state index contributed by atoms with van der Waals surface area (Å²) in [5, 5.41) is 0. The topological polar surface area (TPSA) is 26.3 Å². The first-order chi connectivity index (χ1) is 11.0. The molecule has 0 radical (unpaired) electrons. The Morgan fingerprint density at radius 2 is 1.60 bits per heavy atom. The van der Waals surface area contributed by atoms with E-state index in [1.54, 1.807) is 0 Å². The Morgan fingerprint density at radius 1 is 1.12 bits per heavy atom. The van der Waals surface area contributed by atoms with Crippen molar-refractivity contribution in [2.45, 2.75) is 59.9 Å². The maximum absolute atomic E-state index is 10.8. The monoisotopic (exact) mass is 371 g/mol. The van der Waals surface area contributed by atoms with Gasteiger partial charge in [0, 0.05) is 5.56 Å². The van der Waals surface area contributed by atoms with E-state index in [0.29, 0.717) is 5.92 Å². The lowest BCUT2D eigenvalue weighted by molar-refractivity contribution is -0.884. The van der Waals surface area contributed by atoms with Gasteiger partial charge in [-0.05, 0) is 38.2 Å². The van der Waals surface area contributed by atoms with Gasteiger partial charge in [-0.25, -0.2) is 0 Å². The molecule has 25 heavy (non-hydrogen) atoms.